The molecule has 1 saturated heterocycles. The lowest BCUT2D eigenvalue weighted by Crippen LogP contribution is -2.30. The second-order valence-electron chi connectivity index (χ2n) is 7.84. The zero-order valence-electron chi connectivity index (χ0n) is 21.9. The summed E-state index contributed by atoms with van der Waals surface area (Å²) in [5, 5.41) is 11.0. The van der Waals surface area contributed by atoms with E-state index in [-0.39, 0.29) is 17.2 Å². The fourth-order valence-corrected chi connectivity index (χ4v) is 3.70. The molecule has 1 aromatic carbocycles. The van der Waals surface area contributed by atoms with E-state index in [2.05, 4.69) is 22.7 Å². The van der Waals surface area contributed by atoms with E-state index in [1.165, 1.54) is 13.2 Å². The van der Waals surface area contributed by atoms with Gasteiger partial charge in [-0.15, -0.1) is 0 Å². The number of allylic oxidation sites excluding steroid dienone is 2. The lowest BCUT2D eigenvalue weighted by Gasteiger charge is -2.22. The molecule has 1 fully saturated rings. The van der Waals surface area contributed by atoms with Crippen molar-refractivity contribution in [2.45, 2.75) is 58.9 Å². The van der Waals surface area contributed by atoms with Crippen LogP contribution in [0, 0.1) is 5.41 Å². The number of aryl methyl sites for hydroxylation is 1. The number of hydrogen-bond donors (Lipinski definition) is 5. The van der Waals surface area contributed by atoms with E-state index in [1.54, 1.807) is 19.2 Å². The van der Waals surface area contributed by atoms with E-state index in [0.29, 0.717) is 25.1 Å². The molecule has 0 aromatic heterocycles. The molecule has 0 amide bonds. The fourth-order valence-electron chi connectivity index (χ4n) is 3.70. The van der Waals surface area contributed by atoms with Crippen LogP contribution in [0.2, 0.25) is 0 Å². The van der Waals surface area contributed by atoms with Gasteiger partial charge in [-0.25, -0.2) is 8.78 Å². The van der Waals surface area contributed by atoms with Gasteiger partial charge in [0.05, 0.1) is 12.6 Å². The molecule has 200 valence electrons. The maximum Gasteiger partial charge on any atom is 0.264 e. The summed E-state index contributed by atoms with van der Waals surface area (Å²) in [5.74, 6) is 0. The number of alkyl halides is 2. The Labute approximate surface area is 209 Å². The Kier molecular flexibility index (Phi) is 17.7. The summed E-state index contributed by atoms with van der Waals surface area (Å²) in [6.07, 6.45) is 2.70. The molecule has 0 radical (unpaired) electrons. The number of benzene rings is 1. The van der Waals surface area contributed by atoms with Crippen molar-refractivity contribution < 1.29 is 18.3 Å². The van der Waals surface area contributed by atoms with Crippen molar-refractivity contribution in [1.29, 1.82) is 5.41 Å². The molecule has 0 aliphatic carbocycles. The summed E-state index contributed by atoms with van der Waals surface area (Å²) in [6, 6.07) is 3.52. The zero-order valence-corrected chi connectivity index (χ0v) is 21.9. The molecule has 1 heterocycles. The first-order valence-corrected chi connectivity index (χ1v) is 12.1. The average molecular weight is 498 g/mol. The van der Waals surface area contributed by atoms with E-state index in [9.17, 15) is 8.78 Å². The van der Waals surface area contributed by atoms with E-state index < -0.39 is 6.43 Å². The molecule has 1 unspecified atom stereocenters. The Hall–Kier alpha value is -2.33. The van der Waals surface area contributed by atoms with Gasteiger partial charge in [0.25, 0.3) is 6.43 Å². The Morgan fingerprint density at radius 2 is 1.94 bits per heavy atom. The number of halogens is 2. The van der Waals surface area contributed by atoms with Crippen LogP contribution in [0.3, 0.4) is 0 Å². The number of rotatable bonds is 11. The van der Waals surface area contributed by atoms with Crippen molar-refractivity contribution in [3.05, 3.63) is 46.3 Å². The van der Waals surface area contributed by atoms with Gasteiger partial charge in [0.2, 0.25) is 0 Å². The van der Waals surface area contributed by atoms with Gasteiger partial charge in [0.1, 0.15) is 0 Å². The van der Waals surface area contributed by atoms with Crippen LogP contribution in [0.25, 0.3) is 11.1 Å². The molecular weight excluding hydrogens is 452 g/mol. The van der Waals surface area contributed by atoms with Crippen LogP contribution in [0.1, 0.15) is 68.7 Å². The Bertz CT molecular complexity index is 805. The first-order valence-electron chi connectivity index (χ1n) is 12.1. The molecule has 7 nitrogen and oxygen atoms in total. The predicted molar refractivity (Wildman–Crippen MR) is 143 cm³/mol. The number of hydrogen-bond acceptors (Lipinski definition) is 7. The predicted octanol–water partition coefficient (Wildman–Crippen LogP) is 4.21. The molecule has 1 atom stereocenters. The monoisotopic (exact) mass is 497 g/mol. The second-order valence-corrected chi connectivity index (χ2v) is 7.84. The molecule has 9 heteroatoms. The molecular formula is C26H45F2N5O2. The summed E-state index contributed by atoms with van der Waals surface area (Å²) >= 11 is 0. The minimum Gasteiger partial charge on any atom is -0.404 e. The van der Waals surface area contributed by atoms with Crippen molar-refractivity contribution in [2.24, 2.45) is 17.2 Å². The lowest BCUT2D eigenvalue weighted by atomic mass is 9.88. The van der Waals surface area contributed by atoms with Gasteiger partial charge in [-0.2, -0.15) is 0 Å². The smallest absolute Gasteiger partial charge is 0.264 e. The molecule has 0 spiro atoms. The van der Waals surface area contributed by atoms with Crippen molar-refractivity contribution in [1.82, 2.24) is 5.32 Å². The molecule has 8 N–H and O–H groups in total. The van der Waals surface area contributed by atoms with Crippen LogP contribution >= 0.6 is 0 Å². The highest BCUT2D eigenvalue weighted by Gasteiger charge is 2.22. The highest BCUT2D eigenvalue weighted by Crippen LogP contribution is 2.34. The van der Waals surface area contributed by atoms with Gasteiger partial charge >= 0.3 is 0 Å². The Morgan fingerprint density at radius 1 is 1.29 bits per heavy atom. The normalized spacial score (nSPS) is 16.1. The largest absolute Gasteiger partial charge is 0.404 e. The van der Waals surface area contributed by atoms with Gasteiger partial charge in [0, 0.05) is 49.6 Å². The maximum absolute atomic E-state index is 13.9. The van der Waals surface area contributed by atoms with Crippen LogP contribution in [0.4, 0.5) is 8.78 Å². The summed E-state index contributed by atoms with van der Waals surface area (Å²) < 4.78 is 37.8. The Morgan fingerprint density at radius 3 is 2.37 bits per heavy atom. The van der Waals surface area contributed by atoms with Crippen LogP contribution < -0.4 is 22.5 Å². The number of ether oxygens (including phenoxy) is 2. The van der Waals surface area contributed by atoms with Crippen molar-refractivity contribution >= 4 is 17.4 Å². The molecule has 1 aromatic rings. The van der Waals surface area contributed by atoms with E-state index >= 15 is 0 Å². The number of methoxy groups -OCH3 is 1. The third-order valence-corrected chi connectivity index (χ3v) is 5.52. The SMILES string of the molecule is CCCc1cc(/C(C=N)=C/N)c(C(F)F)cc1/C(C)=C(/CCN)NC1CCOC1.CCOC.CN. The summed E-state index contributed by atoms with van der Waals surface area (Å²) in [6.45, 7) is 8.59. The highest BCUT2D eigenvalue weighted by atomic mass is 19.3. The first-order chi connectivity index (χ1) is 16.9. The maximum atomic E-state index is 13.9. The van der Waals surface area contributed by atoms with Crippen molar-refractivity contribution in [3.8, 4) is 0 Å². The van der Waals surface area contributed by atoms with Gasteiger partial charge < -0.3 is 37.4 Å². The number of nitrogens with one attached hydrogen (secondary N) is 2. The van der Waals surface area contributed by atoms with Gasteiger partial charge in [-0.3, -0.25) is 0 Å². The fraction of sp³-hybridized carbons (Fsp3) is 0.577. The zero-order chi connectivity index (χ0) is 26.8. The Balaban J connectivity index is 0.00000174. The summed E-state index contributed by atoms with van der Waals surface area (Å²) in [4.78, 5) is 0. The lowest BCUT2D eigenvalue weighted by molar-refractivity contribution is 0.151. The molecule has 1 aliphatic heterocycles. The van der Waals surface area contributed by atoms with Gasteiger partial charge in [-0.05, 0) is 81.1 Å². The van der Waals surface area contributed by atoms with Crippen LogP contribution in [0.5, 0.6) is 0 Å². The van der Waals surface area contributed by atoms with Crippen LogP contribution in [0.15, 0.2) is 24.0 Å². The first kappa shape index (κ1) is 32.7. The topological polar surface area (TPSA) is 132 Å². The summed E-state index contributed by atoms with van der Waals surface area (Å²) in [5.41, 5.74) is 20.0. The average Bonchev–Trinajstić information content (AvgIpc) is 3.39. The molecule has 0 saturated carbocycles. The number of nitrogens with two attached hydrogens (primary N) is 3. The van der Waals surface area contributed by atoms with E-state index in [4.69, 9.17) is 21.6 Å². The van der Waals surface area contributed by atoms with Gasteiger partial charge in [0.15, 0.2) is 0 Å². The molecule has 0 bridgehead atoms. The van der Waals surface area contributed by atoms with E-state index in [1.807, 2.05) is 13.8 Å². The molecule has 35 heavy (non-hydrogen) atoms. The van der Waals surface area contributed by atoms with Crippen molar-refractivity contribution in [2.75, 3.05) is 40.5 Å². The van der Waals surface area contributed by atoms with Crippen molar-refractivity contribution in [3.63, 3.8) is 0 Å². The highest BCUT2D eigenvalue weighted by molar-refractivity contribution is 6.09. The van der Waals surface area contributed by atoms with Gasteiger partial charge in [-0.1, -0.05) is 13.3 Å². The van der Waals surface area contributed by atoms with Crippen LogP contribution in [-0.2, 0) is 15.9 Å². The quantitative estimate of drug-likeness (QED) is 0.291. The van der Waals surface area contributed by atoms with E-state index in [0.717, 1.165) is 61.1 Å². The van der Waals surface area contributed by atoms with Crippen LogP contribution in [-0.4, -0.2) is 52.8 Å². The summed E-state index contributed by atoms with van der Waals surface area (Å²) in [7, 11) is 3.18. The third-order valence-electron chi connectivity index (χ3n) is 5.52. The second kappa shape index (κ2) is 18.9. The molecule has 2 rings (SSSR count). The third kappa shape index (κ3) is 10.4. The minimum atomic E-state index is -2.67. The minimum absolute atomic E-state index is 0.115. The molecule has 1 aliphatic rings. The standard InChI is InChI=1S/C22H32F2N4O.C3H8O.CH5N/c1-3-4-15-9-19(16(11-26)12-27)20(22(23)24)10-18(15)14(2)21(5-7-25)28-17-6-8-29-13-17;1-3-4-2;1-2/h9-12,17,22,26,28H,3-8,13,25,27H2,1-2H3;3H2,1-2H3;2H2,1H3/b16-12+,21-14-,26-11?;;.